The number of unbranched alkanes of at least 4 members (excludes halogenated alkanes) is 1. The van der Waals surface area contributed by atoms with Crippen LogP contribution in [0.1, 0.15) is 36.8 Å². The van der Waals surface area contributed by atoms with Crippen LogP contribution < -0.4 is 10.1 Å². The number of rotatable bonds is 13. The maximum absolute atomic E-state index is 10.4. The van der Waals surface area contributed by atoms with Crippen LogP contribution in [-0.2, 0) is 17.6 Å². The van der Waals surface area contributed by atoms with Gasteiger partial charge in [0, 0.05) is 6.54 Å². The Kier molecular flexibility index (Phi) is 9.30. The average Bonchev–Trinajstić information content (AvgIpc) is 2.65. The van der Waals surface area contributed by atoms with Crippen LogP contribution >= 0.6 is 0 Å². The predicted octanol–water partition coefficient (Wildman–Crippen LogP) is 4.09. The van der Waals surface area contributed by atoms with E-state index in [0.717, 1.165) is 51.0 Å². The van der Waals surface area contributed by atoms with Crippen molar-refractivity contribution in [1.29, 1.82) is 0 Å². The lowest BCUT2D eigenvalue weighted by molar-refractivity contribution is -0.136. The summed E-state index contributed by atoms with van der Waals surface area (Å²) in [5, 5.41) is 11.7. The second-order valence-electron chi connectivity index (χ2n) is 6.44. The Labute approximate surface area is 156 Å². The van der Waals surface area contributed by atoms with Gasteiger partial charge in [-0.1, -0.05) is 42.5 Å². The first-order valence-electron chi connectivity index (χ1n) is 9.42. The van der Waals surface area contributed by atoms with Gasteiger partial charge in [-0.2, -0.15) is 0 Å². The number of carbonyl (C=O) groups is 1. The van der Waals surface area contributed by atoms with E-state index in [4.69, 9.17) is 9.84 Å². The van der Waals surface area contributed by atoms with Crippen molar-refractivity contribution < 1.29 is 14.6 Å². The molecule has 0 aromatic heterocycles. The number of carboxylic acid groups (broad SMARTS) is 1. The van der Waals surface area contributed by atoms with E-state index in [1.807, 2.05) is 18.2 Å². The molecule has 0 fully saturated rings. The third-order valence-electron chi connectivity index (χ3n) is 4.20. The third-order valence-corrected chi connectivity index (χ3v) is 4.20. The molecule has 0 saturated carbocycles. The van der Waals surface area contributed by atoms with Gasteiger partial charge in [-0.25, -0.2) is 0 Å². The molecule has 0 saturated heterocycles. The molecule has 4 heteroatoms. The van der Waals surface area contributed by atoms with Gasteiger partial charge in [0.2, 0.25) is 0 Å². The van der Waals surface area contributed by atoms with Crippen molar-refractivity contribution in [1.82, 2.24) is 5.32 Å². The van der Waals surface area contributed by atoms with E-state index in [9.17, 15) is 4.79 Å². The topological polar surface area (TPSA) is 58.6 Å². The van der Waals surface area contributed by atoms with E-state index >= 15 is 0 Å². The third kappa shape index (κ3) is 8.67. The van der Waals surface area contributed by atoms with Crippen LogP contribution in [0, 0.1) is 0 Å². The highest BCUT2D eigenvalue weighted by Crippen LogP contribution is 2.15. The van der Waals surface area contributed by atoms with Gasteiger partial charge in [0.25, 0.3) is 0 Å². The normalized spacial score (nSPS) is 10.6. The van der Waals surface area contributed by atoms with Gasteiger partial charge in [-0.3, -0.25) is 4.79 Å². The quantitative estimate of drug-likeness (QED) is 0.532. The fourth-order valence-corrected chi connectivity index (χ4v) is 2.79. The van der Waals surface area contributed by atoms with Gasteiger partial charge < -0.3 is 15.2 Å². The second kappa shape index (κ2) is 12.1. The van der Waals surface area contributed by atoms with Crippen molar-refractivity contribution in [3.63, 3.8) is 0 Å². The zero-order valence-electron chi connectivity index (χ0n) is 15.3. The molecule has 2 rings (SSSR count). The number of hydrogen-bond donors (Lipinski definition) is 2. The maximum atomic E-state index is 10.4. The lowest BCUT2D eigenvalue weighted by Crippen LogP contribution is -2.19. The number of ether oxygens (including phenoxy) is 1. The van der Waals surface area contributed by atoms with Crippen LogP contribution in [0.2, 0.25) is 0 Å². The van der Waals surface area contributed by atoms with Crippen molar-refractivity contribution >= 4 is 5.97 Å². The molecular weight excluding hydrogens is 326 g/mol. The molecule has 0 spiro atoms. The van der Waals surface area contributed by atoms with Gasteiger partial charge >= 0.3 is 5.97 Å². The molecule has 0 aliphatic heterocycles. The molecule has 0 radical (unpaired) electrons. The molecule has 0 amide bonds. The summed E-state index contributed by atoms with van der Waals surface area (Å²) in [5.74, 6) is 0.173. The molecule has 0 aliphatic rings. The number of benzene rings is 2. The van der Waals surface area contributed by atoms with Crippen LogP contribution in [-0.4, -0.2) is 30.8 Å². The van der Waals surface area contributed by atoms with Crippen molar-refractivity contribution in [2.45, 2.75) is 38.5 Å². The van der Waals surface area contributed by atoms with Gasteiger partial charge in [0.05, 0.1) is 13.0 Å². The number of hydrogen-bond acceptors (Lipinski definition) is 3. The van der Waals surface area contributed by atoms with E-state index in [1.54, 1.807) is 0 Å². The minimum Gasteiger partial charge on any atom is -0.494 e. The van der Waals surface area contributed by atoms with E-state index in [0.29, 0.717) is 6.54 Å². The standard InChI is InChI=1S/C22H29NO3/c24-22(25)14-16-23-15-7-12-20-11-6-13-21(18-20)26-17-5-4-10-19-8-2-1-3-9-19/h1-3,6,8-9,11,13,18,23H,4-5,7,10,12,14-17H2,(H,24,25). The summed E-state index contributed by atoms with van der Waals surface area (Å²) in [6.07, 6.45) is 5.40. The van der Waals surface area contributed by atoms with Gasteiger partial charge in [0.15, 0.2) is 0 Å². The minimum atomic E-state index is -0.758. The summed E-state index contributed by atoms with van der Waals surface area (Å²) in [6, 6.07) is 18.8. The van der Waals surface area contributed by atoms with Crippen molar-refractivity contribution in [3.8, 4) is 5.75 Å². The van der Waals surface area contributed by atoms with Crippen molar-refractivity contribution in [2.75, 3.05) is 19.7 Å². The number of nitrogens with one attached hydrogen (secondary N) is 1. The number of aryl methyl sites for hydroxylation is 2. The molecule has 2 aromatic rings. The summed E-state index contributed by atoms with van der Waals surface area (Å²) in [4.78, 5) is 10.4. The molecule has 4 nitrogen and oxygen atoms in total. The average molecular weight is 355 g/mol. The zero-order chi connectivity index (χ0) is 18.5. The van der Waals surface area contributed by atoms with Crippen LogP contribution in [0.25, 0.3) is 0 Å². The van der Waals surface area contributed by atoms with Crippen LogP contribution in [0.4, 0.5) is 0 Å². The molecule has 0 unspecified atom stereocenters. The van der Waals surface area contributed by atoms with E-state index in [2.05, 4.69) is 41.7 Å². The Morgan fingerprint density at radius 1 is 0.885 bits per heavy atom. The summed E-state index contributed by atoms with van der Waals surface area (Å²) >= 11 is 0. The van der Waals surface area contributed by atoms with Gasteiger partial charge in [0.1, 0.15) is 5.75 Å². The molecule has 140 valence electrons. The second-order valence-corrected chi connectivity index (χ2v) is 6.44. The highest BCUT2D eigenvalue weighted by molar-refractivity contribution is 5.66. The van der Waals surface area contributed by atoms with E-state index in [1.165, 1.54) is 11.1 Å². The lowest BCUT2D eigenvalue weighted by Gasteiger charge is -2.09. The molecule has 0 bridgehead atoms. The highest BCUT2D eigenvalue weighted by atomic mass is 16.5. The first-order chi connectivity index (χ1) is 12.7. The molecule has 2 aromatic carbocycles. The highest BCUT2D eigenvalue weighted by Gasteiger charge is 1.99. The summed E-state index contributed by atoms with van der Waals surface area (Å²) < 4.78 is 5.87. The van der Waals surface area contributed by atoms with Gasteiger partial charge in [-0.05, 0) is 61.9 Å². The Morgan fingerprint density at radius 3 is 2.46 bits per heavy atom. The molecule has 0 atom stereocenters. The maximum Gasteiger partial charge on any atom is 0.304 e. The van der Waals surface area contributed by atoms with Crippen LogP contribution in [0.15, 0.2) is 54.6 Å². The number of carboxylic acids is 1. The fourth-order valence-electron chi connectivity index (χ4n) is 2.79. The number of aliphatic carboxylic acids is 1. The molecule has 0 heterocycles. The first kappa shape index (κ1) is 20.0. The largest absolute Gasteiger partial charge is 0.494 e. The lowest BCUT2D eigenvalue weighted by atomic mass is 10.1. The van der Waals surface area contributed by atoms with Crippen molar-refractivity contribution in [2.24, 2.45) is 0 Å². The molecular formula is C22H29NO3. The SMILES string of the molecule is O=C(O)CCNCCCc1cccc(OCCCCc2ccccc2)c1. The Bertz CT molecular complexity index is 643. The predicted molar refractivity (Wildman–Crippen MR) is 105 cm³/mol. The fraction of sp³-hybridized carbons (Fsp3) is 0.409. The zero-order valence-corrected chi connectivity index (χ0v) is 15.3. The Hall–Kier alpha value is -2.33. The summed E-state index contributed by atoms with van der Waals surface area (Å²) in [5.41, 5.74) is 2.64. The summed E-state index contributed by atoms with van der Waals surface area (Å²) in [7, 11) is 0. The molecule has 2 N–H and O–H groups in total. The van der Waals surface area contributed by atoms with E-state index < -0.39 is 5.97 Å². The minimum absolute atomic E-state index is 0.174. The summed E-state index contributed by atoms with van der Waals surface area (Å²) in [6.45, 7) is 2.10. The smallest absolute Gasteiger partial charge is 0.304 e. The van der Waals surface area contributed by atoms with Crippen molar-refractivity contribution in [3.05, 3.63) is 65.7 Å². The Balaban J connectivity index is 1.58. The van der Waals surface area contributed by atoms with Crippen LogP contribution in [0.5, 0.6) is 5.75 Å². The first-order valence-corrected chi connectivity index (χ1v) is 9.42. The monoisotopic (exact) mass is 355 g/mol. The Morgan fingerprint density at radius 2 is 1.65 bits per heavy atom. The van der Waals surface area contributed by atoms with Crippen LogP contribution in [0.3, 0.4) is 0 Å². The van der Waals surface area contributed by atoms with E-state index in [-0.39, 0.29) is 6.42 Å². The molecule has 0 aliphatic carbocycles. The molecule has 26 heavy (non-hydrogen) atoms. The van der Waals surface area contributed by atoms with Gasteiger partial charge in [-0.15, -0.1) is 0 Å².